The molecule has 0 fully saturated rings. The van der Waals surface area contributed by atoms with E-state index in [1.54, 1.807) is 24.7 Å². The minimum atomic E-state index is 0.557. The molecular weight excluding hydrogens is 504 g/mol. The van der Waals surface area contributed by atoms with Gasteiger partial charge in [0.25, 0.3) is 0 Å². The van der Waals surface area contributed by atoms with Crippen LogP contribution in [0.4, 0.5) is 0 Å². The third-order valence-corrected chi connectivity index (χ3v) is 5.51. The van der Waals surface area contributed by atoms with Gasteiger partial charge in [0.2, 0.25) is 0 Å². The minimum Gasteiger partial charge on any atom is -0.298 e. The van der Waals surface area contributed by atoms with Crippen LogP contribution in [0.5, 0.6) is 0 Å². The number of hydrogen-bond donors (Lipinski definition) is 0. The highest BCUT2D eigenvalue weighted by Crippen LogP contribution is 2.12. The molecule has 0 aromatic carbocycles. The van der Waals surface area contributed by atoms with Gasteiger partial charge in [-0.2, -0.15) is 0 Å². The first-order valence-electron chi connectivity index (χ1n) is 10.8. The number of pyridine rings is 6. The van der Waals surface area contributed by atoms with Gasteiger partial charge < -0.3 is 0 Å². The second-order valence-electron chi connectivity index (χ2n) is 7.50. The monoisotopic (exact) mass is 524 g/mol. The first-order chi connectivity index (χ1) is 17.2. The van der Waals surface area contributed by atoms with Crippen molar-refractivity contribution in [2.75, 3.05) is 0 Å². The number of aldehydes is 1. The third kappa shape index (κ3) is 6.45. The van der Waals surface area contributed by atoms with E-state index in [9.17, 15) is 4.79 Å². The van der Waals surface area contributed by atoms with Crippen LogP contribution >= 0.6 is 15.9 Å². The molecule has 0 aliphatic rings. The number of carbonyl (C=O) groups is 1. The summed E-state index contributed by atoms with van der Waals surface area (Å²) in [6, 6.07) is 17.2. The van der Waals surface area contributed by atoms with E-state index in [-0.39, 0.29) is 0 Å². The Labute approximate surface area is 210 Å². The van der Waals surface area contributed by atoms with E-state index in [1.165, 1.54) is 6.20 Å². The van der Waals surface area contributed by atoms with Gasteiger partial charge in [-0.05, 0) is 72.6 Å². The predicted octanol–water partition coefficient (Wildman–Crippen LogP) is 5.91. The molecule has 0 bridgehead atoms. The van der Waals surface area contributed by atoms with Gasteiger partial charge in [0.15, 0.2) is 6.29 Å². The van der Waals surface area contributed by atoms with Crippen LogP contribution < -0.4 is 0 Å². The van der Waals surface area contributed by atoms with E-state index >= 15 is 0 Å². The molecule has 6 rings (SSSR count). The summed E-state index contributed by atoms with van der Waals surface area (Å²) in [6.45, 7) is 2.02. The number of halogens is 1. The summed E-state index contributed by atoms with van der Waals surface area (Å²) in [4.78, 5) is 35.4. The van der Waals surface area contributed by atoms with Gasteiger partial charge in [-0.25, -0.2) is 0 Å². The van der Waals surface area contributed by atoms with Crippen LogP contribution in [0.3, 0.4) is 0 Å². The van der Waals surface area contributed by atoms with Crippen LogP contribution in [-0.4, -0.2) is 36.2 Å². The predicted molar refractivity (Wildman–Crippen MR) is 141 cm³/mol. The molecule has 6 aromatic rings. The van der Waals surface area contributed by atoms with Crippen LogP contribution in [0.1, 0.15) is 21.5 Å². The molecule has 0 saturated carbocycles. The Hall–Kier alpha value is -4.17. The number of rotatable bonds is 2. The molecule has 8 heteroatoms. The molecule has 0 amide bonds. The molecule has 6 heterocycles. The normalized spacial score (nSPS) is 10.2. The third-order valence-electron chi connectivity index (χ3n) is 4.86. The van der Waals surface area contributed by atoms with Crippen LogP contribution in [0.25, 0.3) is 33.1 Å². The fraction of sp³-hybridized carbons (Fsp3) is 0.0741. The van der Waals surface area contributed by atoms with Crippen molar-refractivity contribution in [1.29, 1.82) is 0 Å². The van der Waals surface area contributed by atoms with E-state index in [0.717, 1.165) is 55.8 Å². The summed E-state index contributed by atoms with van der Waals surface area (Å²) in [5.41, 5.74) is 8.24. The maximum Gasteiger partial charge on any atom is 0.151 e. The molecule has 0 saturated heterocycles. The van der Waals surface area contributed by atoms with E-state index in [0.29, 0.717) is 5.56 Å². The Balaban J connectivity index is 0.000000124. The number of fused-ring (bicyclic) bond motifs is 3. The highest BCUT2D eigenvalue weighted by Gasteiger charge is 1.97. The summed E-state index contributed by atoms with van der Waals surface area (Å²) >= 11 is 3.38. The second-order valence-corrected chi connectivity index (χ2v) is 8.06. The zero-order chi connectivity index (χ0) is 24.5. The lowest BCUT2D eigenvalue weighted by Crippen LogP contribution is -1.85. The zero-order valence-corrected chi connectivity index (χ0v) is 20.5. The van der Waals surface area contributed by atoms with Crippen molar-refractivity contribution in [3.63, 3.8) is 0 Å². The quantitative estimate of drug-likeness (QED) is 0.205. The molecule has 0 spiro atoms. The summed E-state index contributed by atoms with van der Waals surface area (Å²) in [7, 11) is 0. The maximum atomic E-state index is 10.4. The van der Waals surface area contributed by atoms with E-state index < -0.39 is 0 Å². The van der Waals surface area contributed by atoms with Crippen molar-refractivity contribution < 1.29 is 4.79 Å². The van der Waals surface area contributed by atoms with Gasteiger partial charge in [0, 0.05) is 48.1 Å². The van der Waals surface area contributed by atoms with Gasteiger partial charge >= 0.3 is 0 Å². The van der Waals surface area contributed by atoms with E-state index in [2.05, 4.69) is 45.8 Å². The maximum absolute atomic E-state index is 10.4. The van der Waals surface area contributed by atoms with Crippen molar-refractivity contribution in [2.45, 2.75) is 12.3 Å². The average Bonchev–Trinajstić information content (AvgIpc) is 2.93. The molecule has 0 atom stereocenters. The Morgan fingerprint density at radius 3 is 1.74 bits per heavy atom. The van der Waals surface area contributed by atoms with Gasteiger partial charge in [0.1, 0.15) is 0 Å². The summed E-state index contributed by atoms with van der Waals surface area (Å²) in [5.74, 6) is 0. The molecule has 172 valence electrons. The van der Waals surface area contributed by atoms with Crippen LogP contribution in [-0.2, 0) is 5.33 Å². The van der Waals surface area contributed by atoms with Gasteiger partial charge in [-0.1, -0.05) is 15.9 Å². The standard InChI is InChI=1S/C9H7BrN2.C9H6N2O.C9H8N2/c10-5-7-4-9-8(12-6-7)2-1-3-11-9;12-6-7-4-9-8(11-5-7)2-1-3-10-9;1-7-5-9-8(11-6-7)3-2-4-10-9/h1-4,6H,5H2;1-6H;2-6H,1H3. The number of nitrogens with zero attached hydrogens (tertiary/aromatic N) is 6. The fourth-order valence-corrected chi connectivity index (χ4v) is 3.46. The van der Waals surface area contributed by atoms with Gasteiger partial charge in [0.05, 0.1) is 33.1 Å². The molecule has 7 nitrogen and oxygen atoms in total. The van der Waals surface area contributed by atoms with Crippen molar-refractivity contribution in [2.24, 2.45) is 0 Å². The Morgan fingerprint density at radius 2 is 1.17 bits per heavy atom. The highest BCUT2D eigenvalue weighted by atomic mass is 79.9. The van der Waals surface area contributed by atoms with Gasteiger partial charge in [-0.3, -0.25) is 34.7 Å². The van der Waals surface area contributed by atoms with E-state index in [1.807, 2.05) is 67.8 Å². The summed E-state index contributed by atoms with van der Waals surface area (Å²) in [6.07, 6.45) is 11.3. The fourth-order valence-electron chi connectivity index (χ4n) is 3.15. The topological polar surface area (TPSA) is 94.4 Å². The first kappa shape index (κ1) is 24.0. The lowest BCUT2D eigenvalue weighted by Gasteiger charge is -1.97. The van der Waals surface area contributed by atoms with Gasteiger partial charge in [-0.15, -0.1) is 0 Å². The smallest absolute Gasteiger partial charge is 0.151 e. The van der Waals surface area contributed by atoms with Crippen LogP contribution in [0.2, 0.25) is 0 Å². The molecule has 0 N–H and O–H groups in total. The number of hydrogen-bond acceptors (Lipinski definition) is 7. The Morgan fingerprint density at radius 1 is 0.657 bits per heavy atom. The summed E-state index contributed by atoms with van der Waals surface area (Å²) < 4.78 is 0. The Bertz CT molecular complexity index is 1590. The number of aromatic nitrogens is 6. The molecule has 0 unspecified atom stereocenters. The highest BCUT2D eigenvalue weighted by molar-refractivity contribution is 9.08. The SMILES string of the molecule is BrCc1cnc2cccnc2c1.Cc1cnc2cccnc2c1.O=Cc1cnc2cccnc2c1. The van der Waals surface area contributed by atoms with Crippen molar-refractivity contribution in [3.8, 4) is 0 Å². The second kappa shape index (κ2) is 11.8. The number of aryl methyl sites for hydroxylation is 1. The average molecular weight is 525 g/mol. The number of carbonyl (C=O) groups excluding carboxylic acids is 1. The molecule has 0 radical (unpaired) electrons. The molecule has 0 aliphatic carbocycles. The Kier molecular flexibility index (Phi) is 8.08. The molecular formula is C27H21BrN6O. The lowest BCUT2D eigenvalue weighted by atomic mass is 10.2. The molecule has 0 aliphatic heterocycles. The lowest BCUT2D eigenvalue weighted by molar-refractivity contribution is 0.112. The van der Waals surface area contributed by atoms with E-state index in [4.69, 9.17) is 0 Å². The largest absolute Gasteiger partial charge is 0.298 e. The summed E-state index contributed by atoms with van der Waals surface area (Å²) in [5, 5.41) is 0.826. The zero-order valence-electron chi connectivity index (χ0n) is 18.9. The first-order valence-corrected chi connectivity index (χ1v) is 11.9. The van der Waals surface area contributed by atoms with Crippen LogP contribution in [0, 0.1) is 6.92 Å². The molecule has 6 aromatic heterocycles. The van der Waals surface area contributed by atoms with Crippen LogP contribution in [0.15, 0.2) is 91.8 Å². The van der Waals surface area contributed by atoms with Crippen molar-refractivity contribution in [1.82, 2.24) is 29.9 Å². The minimum absolute atomic E-state index is 0.557. The van der Waals surface area contributed by atoms with Crippen molar-refractivity contribution >= 4 is 55.3 Å². The molecule has 35 heavy (non-hydrogen) atoms. The number of alkyl halides is 1. The van der Waals surface area contributed by atoms with Crippen molar-refractivity contribution in [3.05, 3.63) is 108 Å².